The van der Waals surface area contributed by atoms with E-state index in [9.17, 15) is 14.8 Å². The van der Waals surface area contributed by atoms with E-state index in [0.29, 0.717) is 15.4 Å². The van der Waals surface area contributed by atoms with Crippen LogP contribution >= 0.6 is 0 Å². The maximum absolute atomic E-state index is 12.6. The van der Waals surface area contributed by atoms with Gasteiger partial charge in [-0.25, -0.2) is 4.39 Å². The Morgan fingerprint density at radius 3 is 2.50 bits per heavy atom. The van der Waals surface area contributed by atoms with E-state index in [4.69, 9.17) is 0 Å². The average Bonchev–Trinajstić information content (AvgIpc) is 2.49. The van der Waals surface area contributed by atoms with E-state index in [1.165, 1.54) is 24.3 Å². The van der Waals surface area contributed by atoms with Gasteiger partial charge in [0.2, 0.25) is 0 Å². The van der Waals surface area contributed by atoms with Gasteiger partial charge in [0.25, 0.3) is 0 Å². The molecule has 0 bridgehead atoms. The fourth-order valence-corrected chi connectivity index (χ4v) is 1.40. The van der Waals surface area contributed by atoms with Gasteiger partial charge in [0.15, 0.2) is 6.54 Å². The Labute approximate surface area is 80.0 Å². The first-order chi connectivity index (χ1) is 6.68. The molecule has 1 aromatic rings. The van der Waals surface area contributed by atoms with Crippen molar-refractivity contribution in [2.75, 3.05) is 13.1 Å². The van der Waals surface area contributed by atoms with Gasteiger partial charge >= 0.3 is 5.84 Å². The number of halogens is 1. The van der Waals surface area contributed by atoms with Crippen molar-refractivity contribution in [3.63, 3.8) is 0 Å². The quantitative estimate of drug-likeness (QED) is 0.490. The van der Waals surface area contributed by atoms with Gasteiger partial charge < -0.3 is 5.21 Å². The van der Waals surface area contributed by atoms with Crippen LogP contribution in [0.5, 0.6) is 0 Å². The maximum atomic E-state index is 12.6. The molecule has 73 valence electrons. The van der Waals surface area contributed by atoms with Crippen LogP contribution in [0.4, 0.5) is 4.39 Å². The second-order valence-electron chi connectivity index (χ2n) is 3.03. The highest BCUT2D eigenvalue weighted by atomic mass is 19.1. The van der Waals surface area contributed by atoms with E-state index in [2.05, 4.69) is 0 Å². The highest BCUT2D eigenvalue weighted by Gasteiger charge is 2.29. The van der Waals surface area contributed by atoms with Crippen molar-refractivity contribution in [2.24, 2.45) is 0 Å². The van der Waals surface area contributed by atoms with Gasteiger partial charge in [0, 0.05) is 5.21 Å². The van der Waals surface area contributed by atoms with Crippen LogP contribution < -0.4 is 0 Å². The van der Waals surface area contributed by atoms with Crippen molar-refractivity contribution in [1.29, 1.82) is 0 Å². The summed E-state index contributed by atoms with van der Waals surface area (Å²) in [6, 6.07) is 5.29. The van der Waals surface area contributed by atoms with Crippen LogP contribution in [0.1, 0.15) is 5.56 Å². The molecule has 0 atom stereocenters. The number of amidine groups is 1. The van der Waals surface area contributed by atoms with Crippen molar-refractivity contribution >= 4 is 5.84 Å². The molecule has 0 spiro atoms. The molecule has 1 radical (unpaired) electrons. The third-order valence-corrected chi connectivity index (χ3v) is 2.08. The summed E-state index contributed by atoms with van der Waals surface area (Å²) >= 11 is 0. The van der Waals surface area contributed by atoms with Crippen molar-refractivity contribution in [1.82, 2.24) is 5.06 Å². The van der Waals surface area contributed by atoms with Crippen LogP contribution in [0, 0.1) is 11.0 Å². The lowest BCUT2D eigenvalue weighted by Crippen LogP contribution is -2.24. The van der Waals surface area contributed by atoms with E-state index in [0.717, 1.165) is 0 Å². The van der Waals surface area contributed by atoms with E-state index in [1.807, 2.05) is 0 Å². The van der Waals surface area contributed by atoms with E-state index < -0.39 is 0 Å². The van der Waals surface area contributed by atoms with Crippen molar-refractivity contribution in [3.8, 4) is 0 Å². The molecule has 0 amide bonds. The number of rotatable bonds is 1. The topological polar surface area (TPSA) is 49.2 Å². The predicted octanol–water partition coefficient (Wildman–Crippen LogP) is 0.744. The SMILES string of the molecule is [O]N1CC[N+]([O-])=C1c1ccc(F)cc1. The van der Waals surface area contributed by atoms with Crippen molar-refractivity contribution in [3.05, 3.63) is 40.9 Å². The smallest absolute Gasteiger partial charge is 0.315 e. The molecule has 2 rings (SSSR count). The van der Waals surface area contributed by atoms with Gasteiger partial charge in [-0.1, -0.05) is 5.06 Å². The lowest BCUT2D eigenvalue weighted by molar-refractivity contribution is -0.445. The fourth-order valence-electron chi connectivity index (χ4n) is 1.40. The second kappa shape index (κ2) is 3.26. The van der Waals surface area contributed by atoms with Crippen molar-refractivity contribution < 1.29 is 14.3 Å². The van der Waals surface area contributed by atoms with Crippen LogP contribution in [0.25, 0.3) is 0 Å². The molecule has 14 heavy (non-hydrogen) atoms. The third kappa shape index (κ3) is 1.42. The summed E-state index contributed by atoms with van der Waals surface area (Å²) in [6.07, 6.45) is 0. The largest absolute Gasteiger partial charge is 0.715 e. The molecule has 0 saturated carbocycles. The maximum Gasteiger partial charge on any atom is 0.315 e. The number of hydrogen-bond acceptors (Lipinski definition) is 2. The Morgan fingerprint density at radius 1 is 1.36 bits per heavy atom. The fraction of sp³-hybridized carbons (Fsp3) is 0.222. The number of nitrogens with zero attached hydrogens (tertiary/aromatic N) is 2. The van der Waals surface area contributed by atoms with Crippen LogP contribution in [0.15, 0.2) is 24.3 Å². The Bertz CT molecular complexity index is 375. The molecule has 0 aromatic heterocycles. The lowest BCUT2D eigenvalue weighted by Gasteiger charge is -2.05. The zero-order valence-electron chi connectivity index (χ0n) is 7.31. The highest BCUT2D eigenvalue weighted by molar-refractivity contribution is 5.94. The highest BCUT2D eigenvalue weighted by Crippen LogP contribution is 2.10. The molecule has 4 nitrogen and oxygen atoms in total. The zero-order valence-corrected chi connectivity index (χ0v) is 7.31. The summed E-state index contributed by atoms with van der Waals surface area (Å²) in [5, 5.41) is 23.1. The molecule has 1 aliphatic rings. The van der Waals surface area contributed by atoms with Crippen LogP contribution in [-0.2, 0) is 5.21 Å². The van der Waals surface area contributed by atoms with Crippen LogP contribution in [0.3, 0.4) is 0 Å². The summed E-state index contributed by atoms with van der Waals surface area (Å²) in [6.45, 7) is 0.326. The predicted molar refractivity (Wildman–Crippen MR) is 46.4 cm³/mol. The van der Waals surface area contributed by atoms with Gasteiger partial charge in [-0.2, -0.15) is 0 Å². The first kappa shape index (κ1) is 8.96. The lowest BCUT2D eigenvalue weighted by atomic mass is 10.2. The molecular formula is C9H8FN2O2. The number of hydrogen-bond donors (Lipinski definition) is 0. The van der Waals surface area contributed by atoms with E-state index >= 15 is 0 Å². The second-order valence-corrected chi connectivity index (χ2v) is 3.03. The minimum atomic E-state index is -0.387. The Kier molecular flexibility index (Phi) is 2.09. The molecule has 1 aliphatic heterocycles. The summed E-state index contributed by atoms with van der Waals surface area (Å²) < 4.78 is 13.2. The normalized spacial score (nSPS) is 16.6. The van der Waals surface area contributed by atoms with Gasteiger partial charge in [0.05, 0.1) is 5.56 Å². The standard InChI is InChI=1S/C9H8FN2O2/c10-8-3-1-7(2-4-8)9-11(13)5-6-12(9)14/h1-4H,5-6H2. The summed E-state index contributed by atoms with van der Waals surface area (Å²) in [7, 11) is 0. The first-order valence-electron chi connectivity index (χ1n) is 4.21. The van der Waals surface area contributed by atoms with Crippen LogP contribution in [-0.4, -0.2) is 28.7 Å². The van der Waals surface area contributed by atoms with Crippen molar-refractivity contribution in [2.45, 2.75) is 0 Å². The Morgan fingerprint density at radius 2 is 2.00 bits per heavy atom. The number of hydroxylamine groups is 3. The minimum absolute atomic E-state index is 0.0602. The minimum Gasteiger partial charge on any atom is -0.715 e. The summed E-state index contributed by atoms with van der Waals surface area (Å²) in [5.74, 6) is -0.327. The monoisotopic (exact) mass is 195 g/mol. The number of benzene rings is 1. The van der Waals surface area contributed by atoms with E-state index in [-0.39, 0.29) is 24.7 Å². The third-order valence-electron chi connectivity index (χ3n) is 2.08. The Hall–Kier alpha value is -1.62. The molecule has 5 heteroatoms. The van der Waals surface area contributed by atoms with Gasteiger partial charge in [0.1, 0.15) is 12.4 Å². The average molecular weight is 195 g/mol. The molecule has 1 aromatic carbocycles. The van der Waals surface area contributed by atoms with E-state index in [1.54, 1.807) is 0 Å². The molecule has 1 heterocycles. The van der Waals surface area contributed by atoms with Gasteiger partial charge in [-0.3, -0.25) is 4.74 Å². The first-order valence-corrected chi connectivity index (χ1v) is 4.21. The molecular weight excluding hydrogens is 187 g/mol. The van der Waals surface area contributed by atoms with Crippen LogP contribution in [0.2, 0.25) is 0 Å². The molecule has 0 fully saturated rings. The molecule has 0 aliphatic carbocycles. The molecule has 0 N–H and O–H groups in total. The van der Waals surface area contributed by atoms with Gasteiger partial charge in [-0.15, -0.1) is 0 Å². The summed E-state index contributed by atoms with van der Waals surface area (Å²) in [4.78, 5) is 0. The molecule has 0 saturated heterocycles. The zero-order chi connectivity index (χ0) is 10.1. The van der Waals surface area contributed by atoms with Gasteiger partial charge in [-0.05, 0) is 24.3 Å². The molecule has 0 unspecified atom stereocenters. The Balaban J connectivity index is 2.39. The summed E-state index contributed by atoms with van der Waals surface area (Å²) in [5.41, 5.74) is 0.453.